The lowest BCUT2D eigenvalue weighted by atomic mass is 9.47. The van der Waals surface area contributed by atoms with Gasteiger partial charge in [0, 0.05) is 0 Å². The van der Waals surface area contributed by atoms with Gasteiger partial charge in [0.05, 0.1) is 6.10 Å². The topological polar surface area (TPSA) is 20.2 Å². The van der Waals surface area contributed by atoms with Crippen LogP contribution in [0.1, 0.15) is 112 Å². The molecule has 3 fully saturated rings. The van der Waals surface area contributed by atoms with E-state index in [2.05, 4.69) is 47.6 Å². The van der Waals surface area contributed by atoms with Crippen molar-refractivity contribution in [3.8, 4) is 0 Å². The molecule has 172 valence electrons. The Hall–Kier alpha value is -0.300. The Morgan fingerprint density at radius 3 is 2.47 bits per heavy atom. The third-order valence-corrected chi connectivity index (χ3v) is 11.3. The highest BCUT2D eigenvalue weighted by Crippen LogP contribution is 2.67. The fraction of sp³-hybridized carbons (Fsp3) is 0.931. The van der Waals surface area contributed by atoms with Crippen molar-refractivity contribution >= 4 is 0 Å². The molecule has 3 saturated carbocycles. The summed E-state index contributed by atoms with van der Waals surface area (Å²) in [5.74, 6) is 6.31. The van der Waals surface area contributed by atoms with Gasteiger partial charge in [-0.15, -0.1) is 0 Å². The van der Waals surface area contributed by atoms with E-state index < -0.39 is 0 Å². The molecule has 4 aliphatic rings. The number of allylic oxidation sites excluding steroid dienone is 1. The average molecular weight is 415 g/mol. The van der Waals surface area contributed by atoms with Crippen molar-refractivity contribution in [3.63, 3.8) is 0 Å². The van der Waals surface area contributed by atoms with Crippen molar-refractivity contribution in [1.29, 1.82) is 0 Å². The number of hydrogen-bond donors (Lipinski definition) is 1. The summed E-state index contributed by atoms with van der Waals surface area (Å²) >= 11 is 0. The van der Waals surface area contributed by atoms with Crippen LogP contribution in [-0.4, -0.2) is 11.2 Å². The number of rotatable bonds is 6. The van der Waals surface area contributed by atoms with Crippen LogP contribution in [0, 0.1) is 52.3 Å². The zero-order chi connectivity index (χ0) is 21.7. The van der Waals surface area contributed by atoms with Gasteiger partial charge in [0.2, 0.25) is 0 Å². The molecule has 30 heavy (non-hydrogen) atoms. The Kier molecular flexibility index (Phi) is 6.53. The highest BCUT2D eigenvalue weighted by atomic mass is 16.3. The summed E-state index contributed by atoms with van der Waals surface area (Å²) in [6.07, 6.45) is 17.1. The van der Waals surface area contributed by atoms with Crippen LogP contribution in [0.3, 0.4) is 0 Å². The van der Waals surface area contributed by atoms with E-state index in [0.29, 0.717) is 10.8 Å². The molecule has 9 atom stereocenters. The number of aliphatic hydroxyl groups is 1. The molecular formula is C29H50O. The van der Waals surface area contributed by atoms with Gasteiger partial charge in [-0.2, -0.15) is 0 Å². The van der Waals surface area contributed by atoms with Gasteiger partial charge in [0.1, 0.15) is 0 Å². The van der Waals surface area contributed by atoms with Crippen LogP contribution < -0.4 is 0 Å². The van der Waals surface area contributed by atoms with Crippen LogP contribution in [0.25, 0.3) is 0 Å². The number of fused-ring (bicyclic) bond motifs is 5. The van der Waals surface area contributed by atoms with Crippen molar-refractivity contribution in [3.05, 3.63) is 11.6 Å². The third-order valence-electron chi connectivity index (χ3n) is 11.3. The standard InChI is InChI=1S/C29H50O/c1-7-21(19(2)3)9-8-20(4)25-12-13-26-24-11-10-22-18-23(30)14-16-28(22,5)27(24)15-17-29(25,26)6/h10,19-21,23-27,30H,7-9,11-18H2,1-6H3/t20-,21+,23+,24-,25-,26-,27-,28+,29-/m1/s1. The molecule has 4 aliphatic carbocycles. The summed E-state index contributed by atoms with van der Waals surface area (Å²) in [6, 6.07) is 0. The van der Waals surface area contributed by atoms with Gasteiger partial charge >= 0.3 is 0 Å². The Labute approximate surface area is 187 Å². The van der Waals surface area contributed by atoms with Crippen LogP contribution in [0.2, 0.25) is 0 Å². The Morgan fingerprint density at radius 2 is 1.77 bits per heavy atom. The predicted octanol–water partition coefficient (Wildman–Crippen LogP) is 8.02. The quantitative estimate of drug-likeness (QED) is 0.436. The average Bonchev–Trinajstić information content (AvgIpc) is 3.06. The second-order valence-electron chi connectivity index (χ2n) is 12.9. The van der Waals surface area contributed by atoms with Crippen LogP contribution in [0.4, 0.5) is 0 Å². The van der Waals surface area contributed by atoms with Gasteiger partial charge in [-0.3, -0.25) is 0 Å². The molecule has 4 rings (SSSR count). The first-order valence-electron chi connectivity index (χ1n) is 13.6. The summed E-state index contributed by atoms with van der Waals surface area (Å²) in [5, 5.41) is 10.2. The Morgan fingerprint density at radius 1 is 1.00 bits per heavy atom. The Bertz CT molecular complexity index is 634. The van der Waals surface area contributed by atoms with E-state index >= 15 is 0 Å². The summed E-state index contributed by atoms with van der Waals surface area (Å²) in [5.41, 5.74) is 2.59. The van der Waals surface area contributed by atoms with Crippen LogP contribution in [-0.2, 0) is 0 Å². The van der Waals surface area contributed by atoms with E-state index in [0.717, 1.165) is 54.3 Å². The van der Waals surface area contributed by atoms with E-state index in [9.17, 15) is 5.11 Å². The van der Waals surface area contributed by atoms with Crippen molar-refractivity contribution in [2.45, 2.75) is 118 Å². The number of hydrogen-bond acceptors (Lipinski definition) is 1. The molecule has 1 heteroatoms. The van der Waals surface area contributed by atoms with Crippen LogP contribution in [0.5, 0.6) is 0 Å². The molecule has 1 N–H and O–H groups in total. The molecule has 0 aliphatic heterocycles. The highest BCUT2D eigenvalue weighted by Gasteiger charge is 2.59. The predicted molar refractivity (Wildman–Crippen MR) is 128 cm³/mol. The second kappa shape index (κ2) is 8.57. The minimum absolute atomic E-state index is 0.0794. The lowest BCUT2D eigenvalue weighted by Gasteiger charge is -2.58. The summed E-state index contributed by atoms with van der Waals surface area (Å²) in [4.78, 5) is 0. The van der Waals surface area contributed by atoms with Crippen molar-refractivity contribution in [1.82, 2.24) is 0 Å². The van der Waals surface area contributed by atoms with Gasteiger partial charge in [-0.1, -0.05) is 66.0 Å². The van der Waals surface area contributed by atoms with E-state index in [1.165, 1.54) is 57.8 Å². The molecule has 0 spiro atoms. The monoisotopic (exact) mass is 414 g/mol. The molecule has 0 bridgehead atoms. The molecule has 0 amide bonds. The molecule has 0 aromatic heterocycles. The van der Waals surface area contributed by atoms with E-state index in [-0.39, 0.29) is 6.10 Å². The molecular weight excluding hydrogens is 364 g/mol. The minimum atomic E-state index is -0.0794. The molecule has 0 saturated heterocycles. The van der Waals surface area contributed by atoms with E-state index in [1.54, 1.807) is 5.57 Å². The highest BCUT2D eigenvalue weighted by molar-refractivity contribution is 5.25. The van der Waals surface area contributed by atoms with Gasteiger partial charge in [-0.25, -0.2) is 0 Å². The summed E-state index contributed by atoms with van der Waals surface area (Å²) < 4.78 is 0. The maximum absolute atomic E-state index is 10.2. The molecule has 0 aromatic carbocycles. The maximum Gasteiger partial charge on any atom is 0.0577 e. The smallest absolute Gasteiger partial charge is 0.0577 e. The SMILES string of the molecule is CC[C@@H](CC[C@@H](C)[C@H]1CC[C@@H]2[C@H]3CC=C4C[C@@H](O)CC[C@]4(C)[C@@H]3CC[C@@]21C)C(C)C. The molecule has 1 nitrogen and oxygen atoms in total. The first-order valence-corrected chi connectivity index (χ1v) is 13.6. The molecule has 0 radical (unpaired) electrons. The van der Waals surface area contributed by atoms with Gasteiger partial charge in [0.25, 0.3) is 0 Å². The lowest BCUT2D eigenvalue weighted by molar-refractivity contribution is -0.0575. The van der Waals surface area contributed by atoms with E-state index in [1.807, 2.05) is 0 Å². The maximum atomic E-state index is 10.2. The zero-order valence-corrected chi connectivity index (χ0v) is 20.9. The second-order valence-corrected chi connectivity index (χ2v) is 12.9. The van der Waals surface area contributed by atoms with Crippen LogP contribution >= 0.6 is 0 Å². The van der Waals surface area contributed by atoms with Crippen LogP contribution in [0.15, 0.2) is 11.6 Å². The van der Waals surface area contributed by atoms with Crippen molar-refractivity contribution in [2.75, 3.05) is 0 Å². The molecule has 0 heterocycles. The van der Waals surface area contributed by atoms with Gasteiger partial charge < -0.3 is 5.11 Å². The third kappa shape index (κ3) is 3.74. The fourth-order valence-electron chi connectivity index (χ4n) is 9.30. The normalized spacial score (nSPS) is 45.3. The lowest BCUT2D eigenvalue weighted by Crippen LogP contribution is -2.50. The first-order chi connectivity index (χ1) is 14.2. The van der Waals surface area contributed by atoms with E-state index in [4.69, 9.17) is 0 Å². The Balaban J connectivity index is 1.47. The number of aliphatic hydroxyl groups excluding tert-OH is 1. The molecule has 0 aromatic rings. The summed E-state index contributed by atoms with van der Waals surface area (Å²) in [6.45, 7) is 15.1. The largest absolute Gasteiger partial charge is 0.393 e. The summed E-state index contributed by atoms with van der Waals surface area (Å²) in [7, 11) is 0. The molecule has 0 unspecified atom stereocenters. The zero-order valence-electron chi connectivity index (χ0n) is 20.9. The fourth-order valence-corrected chi connectivity index (χ4v) is 9.30. The first kappa shape index (κ1) is 22.9. The van der Waals surface area contributed by atoms with Gasteiger partial charge in [-0.05, 0) is 110 Å². The van der Waals surface area contributed by atoms with Crippen molar-refractivity contribution in [2.24, 2.45) is 52.3 Å². The van der Waals surface area contributed by atoms with Gasteiger partial charge in [0.15, 0.2) is 0 Å². The van der Waals surface area contributed by atoms with Crippen molar-refractivity contribution < 1.29 is 5.11 Å². The minimum Gasteiger partial charge on any atom is -0.393 e.